The second-order valence-corrected chi connectivity index (χ2v) is 9.42. The zero-order valence-corrected chi connectivity index (χ0v) is 18.8. The molecule has 7 heteroatoms. The number of nitrogens with one attached hydrogen (secondary N) is 1. The van der Waals surface area contributed by atoms with Crippen LogP contribution >= 0.6 is 23.2 Å². The molecular weight excluding hydrogens is 419 g/mol. The predicted molar refractivity (Wildman–Crippen MR) is 123 cm³/mol. The molecule has 3 heterocycles. The number of rotatable bonds is 6. The maximum Gasteiger partial charge on any atom is 0.126 e. The molecule has 0 radical (unpaired) electrons. The Morgan fingerprint density at radius 3 is 2.53 bits per heavy atom. The van der Waals surface area contributed by atoms with E-state index in [4.69, 9.17) is 38.7 Å². The standard InChI is InChI=1S/C23H30Cl2N4O/c24-20-5-6-22(28-13-16-7-9-30-10-8-16)29-23(20)19-12-18(27-14-21(19)25)11-15-1-3-17(26)4-2-15/h5-6,12,14-17H,1-4,7-11,13,26H2,(H,28,29). The minimum Gasteiger partial charge on any atom is -0.381 e. The summed E-state index contributed by atoms with van der Waals surface area (Å²) < 4.78 is 5.44. The van der Waals surface area contributed by atoms with Gasteiger partial charge in [-0.2, -0.15) is 0 Å². The fourth-order valence-corrected chi connectivity index (χ4v) is 4.79. The zero-order valence-electron chi connectivity index (χ0n) is 17.2. The number of nitrogens with zero attached hydrogens (tertiary/aromatic N) is 2. The first kappa shape index (κ1) is 21.8. The highest BCUT2D eigenvalue weighted by Gasteiger charge is 2.20. The number of ether oxygens (including phenoxy) is 1. The zero-order chi connectivity index (χ0) is 20.9. The average molecular weight is 449 g/mol. The molecule has 1 saturated heterocycles. The van der Waals surface area contributed by atoms with Gasteiger partial charge in [-0.25, -0.2) is 4.98 Å². The van der Waals surface area contributed by atoms with Crippen molar-refractivity contribution >= 4 is 29.0 Å². The lowest BCUT2D eigenvalue weighted by Gasteiger charge is -2.25. The number of anilines is 1. The molecule has 162 valence electrons. The summed E-state index contributed by atoms with van der Waals surface area (Å²) >= 11 is 13.0. The largest absolute Gasteiger partial charge is 0.381 e. The summed E-state index contributed by atoms with van der Waals surface area (Å²) in [5.74, 6) is 2.05. The molecule has 30 heavy (non-hydrogen) atoms. The molecule has 1 aliphatic carbocycles. The number of hydrogen-bond donors (Lipinski definition) is 2. The van der Waals surface area contributed by atoms with Crippen molar-refractivity contribution in [1.29, 1.82) is 0 Å². The van der Waals surface area contributed by atoms with E-state index >= 15 is 0 Å². The van der Waals surface area contributed by atoms with Crippen molar-refractivity contribution in [2.24, 2.45) is 17.6 Å². The van der Waals surface area contributed by atoms with Crippen molar-refractivity contribution in [1.82, 2.24) is 9.97 Å². The topological polar surface area (TPSA) is 73.1 Å². The van der Waals surface area contributed by atoms with Gasteiger partial charge in [0.25, 0.3) is 0 Å². The Morgan fingerprint density at radius 2 is 1.77 bits per heavy atom. The molecule has 1 saturated carbocycles. The second kappa shape index (κ2) is 10.3. The Kier molecular flexibility index (Phi) is 7.47. The van der Waals surface area contributed by atoms with E-state index in [1.807, 2.05) is 18.2 Å². The van der Waals surface area contributed by atoms with E-state index in [2.05, 4.69) is 10.3 Å². The number of hydrogen-bond acceptors (Lipinski definition) is 5. The van der Waals surface area contributed by atoms with Crippen LogP contribution in [-0.2, 0) is 11.2 Å². The summed E-state index contributed by atoms with van der Waals surface area (Å²) in [6.07, 6.45) is 9.34. The molecule has 0 spiro atoms. The molecule has 2 aromatic rings. The van der Waals surface area contributed by atoms with Crippen molar-refractivity contribution in [2.75, 3.05) is 25.1 Å². The first-order valence-corrected chi connectivity index (χ1v) is 11.7. The van der Waals surface area contributed by atoms with Crippen molar-refractivity contribution < 1.29 is 4.74 Å². The second-order valence-electron chi connectivity index (χ2n) is 8.60. The van der Waals surface area contributed by atoms with Crippen LogP contribution in [0.4, 0.5) is 5.82 Å². The van der Waals surface area contributed by atoms with E-state index < -0.39 is 0 Å². The normalized spacial score (nSPS) is 22.8. The van der Waals surface area contributed by atoms with E-state index in [0.29, 0.717) is 33.6 Å². The van der Waals surface area contributed by atoms with Crippen molar-refractivity contribution in [2.45, 2.75) is 51.0 Å². The van der Waals surface area contributed by atoms with Gasteiger partial charge in [0.05, 0.1) is 15.7 Å². The van der Waals surface area contributed by atoms with Gasteiger partial charge in [0.15, 0.2) is 0 Å². The van der Waals surface area contributed by atoms with Gasteiger partial charge < -0.3 is 15.8 Å². The SMILES string of the molecule is NC1CCC(Cc2cc(-c3nc(NCC4CCOCC4)ccc3Cl)c(Cl)cn2)CC1. The Hall–Kier alpha value is -1.40. The molecule has 2 aromatic heterocycles. The first-order valence-electron chi connectivity index (χ1n) is 11.0. The minimum atomic E-state index is 0.356. The summed E-state index contributed by atoms with van der Waals surface area (Å²) in [6, 6.07) is 6.21. The molecule has 0 amide bonds. The van der Waals surface area contributed by atoms with E-state index in [-0.39, 0.29) is 0 Å². The Labute approximate surface area is 188 Å². The monoisotopic (exact) mass is 448 g/mol. The number of nitrogens with two attached hydrogens (primary N) is 1. The Balaban J connectivity index is 1.49. The highest BCUT2D eigenvalue weighted by molar-refractivity contribution is 6.36. The fourth-order valence-electron chi connectivity index (χ4n) is 4.39. The van der Waals surface area contributed by atoms with Crippen LogP contribution in [0.1, 0.15) is 44.2 Å². The molecule has 1 aliphatic heterocycles. The van der Waals surface area contributed by atoms with Crippen LogP contribution in [0, 0.1) is 11.8 Å². The summed E-state index contributed by atoms with van der Waals surface area (Å²) in [6.45, 7) is 2.57. The molecule has 2 aliphatic rings. The van der Waals surface area contributed by atoms with Crippen LogP contribution in [0.15, 0.2) is 24.4 Å². The molecule has 3 N–H and O–H groups in total. The lowest BCUT2D eigenvalue weighted by molar-refractivity contribution is 0.0699. The van der Waals surface area contributed by atoms with Gasteiger partial charge >= 0.3 is 0 Å². The third-order valence-electron chi connectivity index (χ3n) is 6.32. The van der Waals surface area contributed by atoms with E-state index in [0.717, 1.165) is 81.8 Å². The fraction of sp³-hybridized carbons (Fsp3) is 0.565. The molecular formula is C23H30Cl2N4O. The summed E-state index contributed by atoms with van der Waals surface area (Å²) in [5, 5.41) is 4.62. The van der Waals surface area contributed by atoms with Gasteiger partial charge in [0.2, 0.25) is 0 Å². The average Bonchev–Trinajstić information content (AvgIpc) is 2.77. The number of halogens is 2. The van der Waals surface area contributed by atoms with Crippen molar-refractivity contribution in [3.63, 3.8) is 0 Å². The molecule has 0 aromatic carbocycles. The molecule has 0 bridgehead atoms. The third kappa shape index (κ3) is 5.64. The van der Waals surface area contributed by atoms with Crippen LogP contribution in [-0.4, -0.2) is 35.8 Å². The van der Waals surface area contributed by atoms with Crippen molar-refractivity contribution in [3.05, 3.63) is 40.1 Å². The van der Waals surface area contributed by atoms with Crippen LogP contribution in [0.5, 0.6) is 0 Å². The number of aromatic nitrogens is 2. The summed E-state index contributed by atoms with van der Waals surface area (Å²) in [5.41, 5.74) is 8.62. The van der Waals surface area contributed by atoms with Crippen molar-refractivity contribution in [3.8, 4) is 11.3 Å². The molecule has 0 unspecified atom stereocenters. The quantitative estimate of drug-likeness (QED) is 0.622. The maximum absolute atomic E-state index is 6.51. The Morgan fingerprint density at radius 1 is 1.00 bits per heavy atom. The highest BCUT2D eigenvalue weighted by Crippen LogP contribution is 2.34. The van der Waals surface area contributed by atoms with Gasteiger partial charge in [0, 0.05) is 43.3 Å². The molecule has 5 nitrogen and oxygen atoms in total. The molecule has 0 atom stereocenters. The Bertz CT molecular complexity index is 849. The highest BCUT2D eigenvalue weighted by atomic mass is 35.5. The maximum atomic E-state index is 6.51. The smallest absolute Gasteiger partial charge is 0.126 e. The summed E-state index contributed by atoms with van der Waals surface area (Å²) in [7, 11) is 0. The van der Waals surface area contributed by atoms with Gasteiger partial charge in [0.1, 0.15) is 5.82 Å². The predicted octanol–water partition coefficient (Wildman–Crippen LogP) is 5.35. The summed E-state index contributed by atoms with van der Waals surface area (Å²) in [4.78, 5) is 9.35. The third-order valence-corrected chi connectivity index (χ3v) is 6.92. The van der Waals surface area contributed by atoms with Gasteiger partial charge in [-0.3, -0.25) is 4.98 Å². The first-order chi connectivity index (χ1) is 14.6. The van der Waals surface area contributed by atoms with E-state index in [9.17, 15) is 0 Å². The van der Waals surface area contributed by atoms with Crippen LogP contribution in [0.2, 0.25) is 10.0 Å². The van der Waals surface area contributed by atoms with Crippen LogP contribution < -0.4 is 11.1 Å². The minimum absolute atomic E-state index is 0.356. The van der Waals surface area contributed by atoms with Gasteiger partial charge in [-0.1, -0.05) is 23.2 Å². The lowest BCUT2D eigenvalue weighted by atomic mass is 9.83. The molecule has 4 rings (SSSR count). The number of pyridine rings is 2. The van der Waals surface area contributed by atoms with E-state index in [1.54, 1.807) is 6.20 Å². The van der Waals surface area contributed by atoms with Gasteiger partial charge in [-0.15, -0.1) is 0 Å². The van der Waals surface area contributed by atoms with Crippen LogP contribution in [0.25, 0.3) is 11.3 Å². The lowest BCUT2D eigenvalue weighted by Crippen LogP contribution is -2.27. The molecule has 2 fully saturated rings. The van der Waals surface area contributed by atoms with Gasteiger partial charge in [-0.05, 0) is 75.0 Å². The van der Waals surface area contributed by atoms with Crippen LogP contribution in [0.3, 0.4) is 0 Å². The van der Waals surface area contributed by atoms with E-state index in [1.165, 1.54) is 0 Å².